The summed E-state index contributed by atoms with van der Waals surface area (Å²) in [6.07, 6.45) is 0. The van der Waals surface area contributed by atoms with Crippen molar-refractivity contribution in [3.63, 3.8) is 0 Å². The van der Waals surface area contributed by atoms with Crippen LogP contribution in [0.5, 0.6) is 17.2 Å². The van der Waals surface area contributed by atoms with Crippen LogP contribution in [-0.2, 0) is 9.05 Å². The fourth-order valence-corrected chi connectivity index (χ4v) is 2.75. The Morgan fingerprint density at radius 2 is 1.67 bits per heavy atom. The van der Waals surface area contributed by atoms with E-state index in [9.17, 15) is 8.42 Å². The molecule has 2 aromatic carbocycles. The maximum absolute atomic E-state index is 11.2. The lowest BCUT2D eigenvalue weighted by Gasteiger charge is -2.12. The topological polar surface area (TPSA) is 52.6 Å². The predicted molar refractivity (Wildman–Crippen MR) is 82.3 cm³/mol. The summed E-state index contributed by atoms with van der Waals surface area (Å²) in [6, 6.07) is 9.43. The van der Waals surface area contributed by atoms with Crippen LogP contribution in [0.3, 0.4) is 0 Å². The van der Waals surface area contributed by atoms with Crippen molar-refractivity contribution in [1.29, 1.82) is 0 Å². The van der Waals surface area contributed by atoms with Gasteiger partial charge in [-0.2, -0.15) is 0 Å². The van der Waals surface area contributed by atoms with Crippen molar-refractivity contribution in [3.8, 4) is 17.2 Å². The number of halogens is 2. The normalized spacial score (nSPS) is 11.2. The van der Waals surface area contributed by atoms with Crippen LogP contribution in [0.2, 0.25) is 5.02 Å². The molecule has 0 spiro atoms. The quantitative estimate of drug-likeness (QED) is 0.771. The van der Waals surface area contributed by atoms with Gasteiger partial charge in [0, 0.05) is 10.7 Å². The SMILES string of the molecule is COc1cc(C)ccc1Oc1ccc(S(=O)(=O)Cl)cc1Cl. The zero-order chi connectivity index (χ0) is 15.6. The van der Waals surface area contributed by atoms with Crippen molar-refractivity contribution in [2.24, 2.45) is 0 Å². The summed E-state index contributed by atoms with van der Waals surface area (Å²) in [6.45, 7) is 1.93. The number of hydrogen-bond donors (Lipinski definition) is 0. The Morgan fingerprint density at radius 1 is 1.00 bits per heavy atom. The fourth-order valence-electron chi connectivity index (χ4n) is 1.69. The number of rotatable bonds is 4. The van der Waals surface area contributed by atoms with E-state index in [4.69, 9.17) is 31.8 Å². The lowest BCUT2D eigenvalue weighted by atomic mass is 10.2. The summed E-state index contributed by atoms with van der Waals surface area (Å²) >= 11 is 6.02. The van der Waals surface area contributed by atoms with E-state index in [-0.39, 0.29) is 9.92 Å². The molecule has 0 unspecified atom stereocenters. The van der Waals surface area contributed by atoms with E-state index < -0.39 is 9.05 Å². The zero-order valence-corrected chi connectivity index (χ0v) is 13.6. The molecule has 21 heavy (non-hydrogen) atoms. The van der Waals surface area contributed by atoms with Crippen molar-refractivity contribution in [2.75, 3.05) is 7.11 Å². The average molecular weight is 347 g/mol. The summed E-state index contributed by atoms with van der Waals surface area (Å²) in [5.74, 6) is 1.34. The van der Waals surface area contributed by atoms with Crippen molar-refractivity contribution in [3.05, 3.63) is 47.0 Å². The Bertz CT molecular complexity index is 773. The lowest BCUT2D eigenvalue weighted by molar-refractivity contribution is 0.378. The van der Waals surface area contributed by atoms with E-state index in [0.717, 1.165) is 5.56 Å². The second-order valence-electron chi connectivity index (χ2n) is 4.29. The van der Waals surface area contributed by atoms with Gasteiger partial charge in [-0.25, -0.2) is 8.42 Å². The standard InChI is InChI=1S/C14H12Cl2O4S/c1-9-3-5-13(14(7-9)19-2)20-12-6-4-10(8-11(12)15)21(16,17)18/h3-8H,1-2H3. The van der Waals surface area contributed by atoms with E-state index in [2.05, 4.69) is 0 Å². The molecule has 0 heterocycles. The van der Waals surface area contributed by atoms with E-state index in [0.29, 0.717) is 17.2 Å². The molecule has 0 aromatic heterocycles. The first-order valence-electron chi connectivity index (χ1n) is 5.88. The summed E-state index contributed by atoms with van der Waals surface area (Å²) in [5, 5.41) is 0.138. The van der Waals surface area contributed by atoms with E-state index in [1.165, 1.54) is 25.3 Å². The van der Waals surface area contributed by atoms with Crippen LogP contribution in [0.1, 0.15) is 5.56 Å². The molecule has 0 aliphatic carbocycles. The van der Waals surface area contributed by atoms with Gasteiger partial charge in [-0.15, -0.1) is 0 Å². The van der Waals surface area contributed by atoms with Crippen molar-refractivity contribution >= 4 is 31.3 Å². The summed E-state index contributed by atoms with van der Waals surface area (Å²) in [5.41, 5.74) is 1.02. The largest absolute Gasteiger partial charge is 0.493 e. The number of aryl methyl sites for hydroxylation is 1. The average Bonchev–Trinajstić information content (AvgIpc) is 2.41. The van der Waals surface area contributed by atoms with Crippen LogP contribution in [-0.4, -0.2) is 15.5 Å². The van der Waals surface area contributed by atoms with Crippen LogP contribution in [0.25, 0.3) is 0 Å². The maximum Gasteiger partial charge on any atom is 0.261 e. The Hall–Kier alpha value is -1.43. The molecule has 112 valence electrons. The first-order chi connectivity index (χ1) is 9.81. The van der Waals surface area contributed by atoms with Crippen LogP contribution >= 0.6 is 22.3 Å². The second-order valence-corrected chi connectivity index (χ2v) is 7.26. The second kappa shape index (κ2) is 6.13. The molecule has 0 amide bonds. The van der Waals surface area contributed by atoms with Gasteiger partial charge in [0.1, 0.15) is 5.75 Å². The Balaban J connectivity index is 2.37. The monoisotopic (exact) mass is 346 g/mol. The zero-order valence-electron chi connectivity index (χ0n) is 11.3. The van der Waals surface area contributed by atoms with Crippen molar-refractivity contribution in [1.82, 2.24) is 0 Å². The number of benzene rings is 2. The minimum absolute atomic E-state index is 0.0858. The summed E-state index contributed by atoms with van der Waals surface area (Å²) in [7, 11) is 2.97. The van der Waals surface area contributed by atoms with Gasteiger partial charge in [-0.1, -0.05) is 17.7 Å². The Morgan fingerprint density at radius 3 is 2.24 bits per heavy atom. The van der Waals surface area contributed by atoms with Gasteiger partial charge >= 0.3 is 0 Å². The van der Waals surface area contributed by atoms with Crippen molar-refractivity contribution < 1.29 is 17.9 Å². The third-order valence-corrected chi connectivity index (χ3v) is 4.37. The smallest absolute Gasteiger partial charge is 0.261 e. The van der Waals surface area contributed by atoms with Gasteiger partial charge in [0.25, 0.3) is 9.05 Å². The molecule has 0 bridgehead atoms. The summed E-state index contributed by atoms with van der Waals surface area (Å²) < 4.78 is 33.4. The molecule has 0 saturated carbocycles. The van der Waals surface area contributed by atoms with Crippen LogP contribution in [0.4, 0.5) is 0 Å². The molecule has 0 aliphatic rings. The van der Waals surface area contributed by atoms with Gasteiger partial charge < -0.3 is 9.47 Å². The lowest BCUT2D eigenvalue weighted by Crippen LogP contribution is -1.94. The molecule has 0 fully saturated rings. The number of methoxy groups -OCH3 is 1. The first-order valence-corrected chi connectivity index (χ1v) is 8.56. The molecule has 0 N–H and O–H groups in total. The van der Waals surface area contributed by atoms with E-state index in [1.54, 1.807) is 6.07 Å². The van der Waals surface area contributed by atoms with Gasteiger partial charge in [0.05, 0.1) is 17.0 Å². The highest BCUT2D eigenvalue weighted by molar-refractivity contribution is 8.13. The molecule has 4 nitrogen and oxygen atoms in total. The van der Waals surface area contributed by atoms with Crippen LogP contribution < -0.4 is 9.47 Å². The molecular weight excluding hydrogens is 335 g/mol. The molecule has 7 heteroatoms. The maximum atomic E-state index is 11.2. The van der Waals surface area contributed by atoms with Crippen LogP contribution in [0, 0.1) is 6.92 Å². The van der Waals surface area contributed by atoms with Gasteiger partial charge in [-0.3, -0.25) is 0 Å². The molecule has 0 saturated heterocycles. The molecule has 0 atom stereocenters. The predicted octanol–water partition coefficient (Wildman–Crippen LogP) is 4.38. The van der Waals surface area contributed by atoms with Gasteiger partial charge in [0.15, 0.2) is 11.5 Å². The molecule has 2 rings (SSSR count). The highest BCUT2D eigenvalue weighted by Crippen LogP contribution is 2.36. The van der Waals surface area contributed by atoms with Crippen LogP contribution in [0.15, 0.2) is 41.3 Å². The van der Waals surface area contributed by atoms with E-state index in [1.807, 2.05) is 19.1 Å². The van der Waals surface area contributed by atoms with E-state index >= 15 is 0 Å². The molecule has 0 aliphatic heterocycles. The third-order valence-electron chi connectivity index (χ3n) is 2.72. The molecule has 2 aromatic rings. The minimum Gasteiger partial charge on any atom is -0.493 e. The number of hydrogen-bond acceptors (Lipinski definition) is 4. The fraction of sp³-hybridized carbons (Fsp3) is 0.143. The highest BCUT2D eigenvalue weighted by Gasteiger charge is 2.14. The first kappa shape index (κ1) is 15.9. The number of ether oxygens (including phenoxy) is 2. The van der Waals surface area contributed by atoms with Crippen molar-refractivity contribution in [2.45, 2.75) is 11.8 Å². The molecular formula is C14H12Cl2O4S. The highest BCUT2D eigenvalue weighted by atomic mass is 35.7. The minimum atomic E-state index is -3.83. The molecule has 0 radical (unpaired) electrons. The van der Waals surface area contributed by atoms with Gasteiger partial charge in [-0.05, 0) is 42.8 Å². The third kappa shape index (κ3) is 3.81. The Labute approximate surface area is 132 Å². The van der Waals surface area contributed by atoms with Gasteiger partial charge in [0.2, 0.25) is 0 Å². The summed E-state index contributed by atoms with van der Waals surface area (Å²) in [4.78, 5) is -0.0858. The Kier molecular flexibility index (Phi) is 4.66.